The molecule has 0 saturated heterocycles. The standard InChI is InChI=1S/C25H17BrFN3O3S/c26-20-7-3-1-5-17(20)22-19(13-28)25(29)33-23-18-6-2-4-8-21(18)30(34(31,32)24(22)23)14-15-9-11-16(27)12-10-15/h1-12,22H,14,29H2/t22-/m1/s1. The number of sulfonamides is 1. The van der Waals surface area contributed by atoms with Gasteiger partial charge in [-0.1, -0.05) is 58.4 Å². The Balaban J connectivity index is 1.77. The molecule has 3 aromatic rings. The van der Waals surface area contributed by atoms with Crippen molar-refractivity contribution in [3.63, 3.8) is 0 Å². The SMILES string of the molecule is N#CC1=C(N)OC2=C([C@@H]1c1ccccc1Br)S(=O)(=O)N(Cc1ccc(F)cc1)c1ccccc12. The Kier molecular flexibility index (Phi) is 5.42. The molecule has 0 unspecified atom stereocenters. The number of rotatable bonds is 3. The second-order valence-electron chi connectivity index (χ2n) is 7.79. The number of allylic oxidation sites excluding steroid dienone is 2. The molecule has 0 amide bonds. The molecule has 34 heavy (non-hydrogen) atoms. The van der Waals surface area contributed by atoms with E-state index >= 15 is 0 Å². The number of fused-ring (bicyclic) bond motifs is 2. The number of nitrogens with zero attached hydrogens (tertiary/aromatic N) is 2. The highest BCUT2D eigenvalue weighted by molar-refractivity contribution is 9.10. The van der Waals surface area contributed by atoms with E-state index in [1.165, 1.54) is 16.4 Å². The summed E-state index contributed by atoms with van der Waals surface area (Å²) in [5.41, 5.74) is 8.26. The fourth-order valence-electron chi connectivity index (χ4n) is 4.26. The number of hydrogen-bond acceptors (Lipinski definition) is 5. The van der Waals surface area contributed by atoms with Gasteiger partial charge in [0.2, 0.25) is 5.88 Å². The second-order valence-corrected chi connectivity index (χ2v) is 10.5. The summed E-state index contributed by atoms with van der Waals surface area (Å²) in [5.74, 6) is -1.43. The Morgan fingerprint density at radius 2 is 1.74 bits per heavy atom. The molecule has 1 atom stereocenters. The van der Waals surface area contributed by atoms with Crippen molar-refractivity contribution < 1.29 is 17.5 Å². The van der Waals surface area contributed by atoms with Gasteiger partial charge in [0.25, 0.3) is 10.0 Å². The number of ether oxygens (including phenoxy) is 1. The van der Waals surface area contributed by atoms with Crippen molar-refractivity contribution in [2.75, 3.05) is 4.31 Å². The van der Waals surface area contributed by atoms with Crippen LogP contribution in [0.2, 0.25) is 0 Å². The van der Waals surface area contributed by atoms with Crippen molar-refractivity contribution in [3.05, 3.63) is 116 Å². The summed E-state index contributed by atoms with van der Waals surface area (Å²) >= 11 is 3.49. The lowest BCUT2D eigenvalue weighted by Crippen LogP contribution is -2.39. The molecule has 9 heteroatoms. The predicted octanol–water partition coefficient (Wildman–Crippen LogP) is 5.11. The van der Waals surface area contributed by atoms with Gasteiger partial charge in [0, 0.05) is 10.0 Å². The van der Waals surface area contributed by atoms with Crippen LogP contribution >= 0.6 is 15.9 Å². The summed E-state index contributed by atoms with van der Waals surface area (Å²) in [6.07, 6.45) is 0. The number of para-hydroxylation sites is 1. The zero-order valence-corrected chi connectivity index (χ0v) is 20.0. The number of nitriles is 1. The highest BCUT2D eigenvalue weighted by Crippen LogP contribution is 2.52. The van der Waals surface area contributed by atoms with Crippen molar-refractivity contribution in [3.8, 4) is 6.07 Å². The van der Waals surface area contributed by atoms with Crippen molar-refractivity contribution in [2.24, 2.45) is 5.73 Å². The molecule has 2 heterocycles. The fourth-order valence-corrected chi connectivity index (χ4v) is 6.67. The van der Waals surface area contributed by atoms with Crippen LogP contribution in [0.25, 0.3) is 5.76 Å². The normalized spacial score (nSPS) is 18.6. The van der Waals surface area contributed by atoms with Crippen LogP contribution in [0.4, 0.5) is 10.1 Å². The summed E-state index contributed by atoms with van der Waals surface area (Å²) in [4.78, 5) is -0.0639. The zero-order valence-electron chi connectivity index (χ0n) is 17.6. The lowest BCUT2D eigenvalue weighted by Gasteiger charge is -2.38. The largest absolute Gasteiger partial charge is 0.439 e. The van der Waals surface area contributed by atoms with Crippen LogP contribution in [0, 0.1) is 17.1 Å². The molecule has 0 aliphatic carbocycles. The first-order chi connectivity index (χ1) is 16.3. The predicted molar refractivity (Wildman–Crippen MR) is 130 cm³/mol. The third kappa shape index (κ3) is 3.47. The number of hydrogen-bond donors (Lipinski definition) is 1. The number of anilines is 1. The minimum Gasteiger partial charge on any atom is -0.439 e. The fraction of sp³-hybridized carbons (Fsp3) is 0.0800. The first-order valence-electron chi connectivity index (χ1n) is 10.3. The monoisotopic (exact) mass is 537 g/mol. The van der Waals surface area contributed by atoms with Gasteiger partial charge in [0.1, 0.15) is 22.4 Å². The summed E-state index contributed by atoms with van der Waals surface area (Å²) < 4.78 is 49.5. The van der Waals surface area contributed by atoms with E-state index in [9.17, 15) is 18.1 Å². The van der Waals surface area contributed by atoms with Crippen LogP contribution in [-0.4, -0.2) is 8.42 Å². The van der Waals surface area contributed by atoms with Gasteiger partial charge >= 0.3 is 0 Å². The minimum atomic E-state index is -4.19. The average molecular weight is 538 g/mol. The van der Waals surface area contributed by atoms with E-state index in [-0.39, 0.29) is 28.7 Å². The van der Waals surface area contributed by atoms with Crippen molar-refractivity contribution in [1.29, 1.82) is 5.26 Å². The minimum absolute atomic E-state index is 0.00957. The molecule has 5 rings (SSSR count). The first-order valence-corrected chi connectivity index (χ1v) is 12.5. The Bertz CT molecular complexity index is 1530. The van der Waals surface area contributed by atoms with E-state index in [2.05, 4.69) is 15.9 Å². The number of nitrogens with two attached hydrogens (primary N) is 1. The molecule has 6 nitrogen and oxygen atoms in total. The Labute approximate surface area is 204 Å². The number of halogens is 2. The van der Waals surface area contributed by atoms with Crippen LogP contribution in [-0.2, 0) is 21.3 Å². The smallest absolute Gasteiger partial charge is 0.265 e. The molecule has 2 aliphatic rings. The zero-order chi connectivity index (χ0) is 24.0. The maximum Gasteiger partial charge on any atom is 0.265 e. The van der Waals surface area contributed by atoms with Gasteiger partial charge in [0.15, 0.2) is 5.76 Å². The van der Waals surface area contributed by atoms with Crippen LogP contribution in [0.3, 0.4) is 0 Å². The maximum absolute atomic E-state index is 14.2. The van der Waals surface area contributed by atoms with Crippen LogP contribution in [0.15, 0.2) is 93.6 Å². The third-order valence-corrected chi connectivity index (χ3v) is 8.42. The summed E-state index contributed by atoms with van der Waals surface area (Å²) in [6, 6.07) is 21.7. The number of benzene rings is 3. The Morgan fingerprint density at radius 3 is 2.44 bits per heavy atom. The maximum atomic E-state index is 14.2. The topological polar surface area (TPSA) is 96.4 Å². The molecule has 3 aromatic carbocycles. The van der Waals surface area contributed by atoms with Gasteiger partial charge < -0.3 is 10.5 Å². The second kappa shape index (κ2) is 8.31. The van der Waals surface area contributed by atoms with E-state index in [0.717, 1.165) is 0 Å². The molecular formula is C25H17BrFN3O3S. The van der Waals surface area contributed by atoms with E-state index in [1.54, 1.807) is 60.7 Å². The first kappa shape index (κ1) is 22.2. The highest BCUT2D eigenvalue weighted by Gasteiger charge is 2.47. The summed E-state index contributed by atoms with van der Waals surface area (Å²) in [5, 5.41) is 9.92. The van der Waals surface area contributed by atoms with Gasteiger partial charge in [-0.05, 0) is 41.5 Å². The summed E-state index contributed by atoms with van der Waals surface area (Å²) in [7, 11) is -4.19. The van der Waals surface area contributed by atoms with E-state index in [4.69, 9.17) is 10.5 Å². The van der Waals surface area contributed by atoms with Gasteiger partial charge in [-0.2, -0.15) is 5.26 Å². The molecule has 0 saturated carbocycles. The molecule has 0 spiro atoms. The lowest BCUT2D eigenvalue weighted by molar-refractivity contribution is 0.357. The van der Waals surface area contributed by atoms with Gasteiger partial charge in [0.05, 0.1) is 18.2 Å². The third-order valence-electron chi connectivity index (χ3n) is 5.81. The van der Waals surface area contributed by atoms with Gasteiger partial charge in [-0.3, -0.25) is 4.31 Å². The highest BCUT2D eigenvalue weighted by atomic mass is 79.9. The van der Waals surface area contributed by atoms with E-state index in [0.29, 0.717) is 26.9 Å². The van der Waals surface area contributed by atoms with Crippen LogP contribution in [0.5, 0.6) is 0 Å². The molecule has 0 aromatic heterocycles. The van der Waals surface area contributed by atoms with Crippen molar-refractivity contribution >= 4 is 37.4 Å². The van der Waals surface area contributed by atoms with Crippen molar-refractivity contribution in [1.82, 2.24) is 0 Å². The van der Waals surface area contributed by atoms with Crippen molar-refractivity contribution in [2.45, 2.75) is 12.5 Å². The Hall–Kier alpha value is -3.61. The Morgan fingerprint density at radius 1 is 1.06 bits per heavy atom. The molecule has 170 valence electrons. The van der Waals surface area contributed by atoms with Gasteiger partial charge in [-0.25, -0.2) is 12.8 Å². The molecular weight excluding hydrogens is 521 g/mol. The van der Waals surface area contributed by atoms with E-state index in [1.807, 2.05) is 6.07 Å². The van der Waals surface area contributed by atoms with Crippen LogP contribution < -0.4 is 10.0 Å². The van der Waals surface area contributed by atoms with Crippen LogP contribution in [0.1, 0.15) is 22.6 Å². The lowest BCUT2D eigenvalue weighted by atomic mass is 9.88. The van der Waals surface area contributed by atoms with E-state index < -0.39 is 21.8 Å². The molecule has 0 bridgehead atoms. The molecule has 0 fully saturated rings. The molecule has 2 aliphatic heterocycles. The molecule has 2 N–H and O–H groups in total. The quantitative estimate of drug-likeness (QED) is 0.500. The average Bonchev–Trinajstić information content (AvgIpc) is 2.82. The van der Waals surface area contributed by atoms with Gasteiger partial charge in [-0.15, -0.1) is 0 Å². The molecule has 0 radical (unpaired) electrons. The summed E-state index contributed by atoms with van der Waals surface area (Å²) in [6.45, 7) is -0.0276.